The Morgan fingerprint density at radius 3 is 2.91 bits per heavy atom. The van der Waals surface area contributed by atoms with Gasteiger partial charge in [-0.15, -0.1) is 0 Å². The second-order valence-corrected chi connectivity index (χ2v) is 5.54. The van der Waals surface area contributed by atoms with Gasteiger partial charge in [-0.25, -0.2) is 4.98 Å². The van der Waals surface area contributed by atoms with Gasteiger partial charge < -0.3 is 16.0 Å². The molecule has 7 nitrogen and oxygen atoms in total. The van der Waals surface area contributed by atoms with Crippen molar-refractivity contribution in [2.24, 2.45) is 5.92 Å². The zero-order valence-electron chi connectivity index (χ0n) is 12.5. The third-order valence-electron chi connectivity index (χ3n) is 3.30. The summed E-state index contributed by atoms with van der Waals surface area (Å²) < 4.78 is 1.43. The molecule has 0 spiro atoms. The molecule has 2 aromatic heterocycles. The Balaban J connectivity index is 1.91. The molecule has 0 atom stereocenters. The lowest BCUT2D eigenvalue weighted by atomic mass is 10.2. The molecule has 2 heterocycles. The van der Waals surface area contributed by atoms with E-state index in [4.69, 9.17) is 5.73 Å². The largest absolute Gasteiger partial charge is 0.383 e. The number of rotatable bonds is 4. The fraction of sp³-hybridized carbons (Fsp3) is 0.267. The minimum Gasteiger partial charge on any atom is -0.383 e. The molecule has 0 aliphatic carbocycles. The summed E-state index contributed by atoms with van der Waals surface area (Å²) in [6.07, 6.45) is 1.46. The number of imidazole rings is 1. The van der Waals surface area contributed by atoms with E-state index < -0.39 is 0 Å². The van der Waals surface area contributed by atoms with Crippen molar-refractivity contribution in [3.05, 3.63) is 36.0 Å². The highest BCUT2D eigenvalue weighted by Crippen LogP contribution is 2.18. The van der Waals surface area contributed by atoms with Crippen molar-refractivity contribution < 1.29 is 4.79 Å². The topological polar surface area (TPSA) is 102 Å². The number of nitrogen functional groups attached to an aromatic ring is 1. The van der Waals surface area contributed by atoms with Crippen LogP contribution in [0.1, 0.15) is 24.2 Å². The van der Waals surface area contributed by atoms with E-state index in [0.717, 1.165) is 11.0 Å². The van der Waals surface area contributed by atoms with Gasteiger partial charge in [-0.3, -0.25) is 4.79 Å². The minimum atomic E-state index is -0.228. The van der Waals surface area contributed by atoms with Gasteiger partial charge in [-0.1, -0.05) is 26.0 Å². The van der Waals surface area contributed by atoms with E-state index in [1.165, 1.54) is 10.9 Å². The summed E-state index contributed by atoms with van der Waals surface area (Å²) in [6, 6.07) is 7.64. The Morgan fingerprint density at radius 2 is 2.18 bits per heavy atom. The number of benzene rings is 1. The predicted molar refractivity (Wildman–Crippen MR) is 84.8 cm³/mol. The molecule has 4 N–H and O–H groups in total. The third-order valence-corrected chi connectivity index (χ3v) is 3.30. The number of amides is 1. The van der Waals surface area contributed by atoms with Gasteiger partial charge in [0.05, 0.1) is 17.2 Å². The Labute approximate surface area is 127 Å². The molecule has 7 heteroatoms. The molecule has 3 aromatic rings. The number of para-hydroxylation sites is 2. The van der Waals surface area contributed by atoms with E-state index in [1.807, 2.05) is 38.1 Å². The second-order valence-electron chi connectivity index (χ2n) is 5.54. The summed E-state index contributed by atoms with van der Waals surface area (Å²) in [6.45, 7) is 4.65. The van der Waals surface area contributed by atoms with E-state index in [1.54, 1.807) is 0 Å². The Hall–Kier alpha value is -2.83. The van der Waals surface area contributed by atoms with Crippen LogP contribution < -0.4 is 11.1 Å². The van der Waals surface area contributed by atoms with Gasteiger partial charge >= 0.3 is 0 Å². The maximum absolute atomic E-state index is 12.1. The fourth-order valence-corrected chi connectivity index (χ4v) is 2.13. The molecule has 0 saturated carbocycles. The maximum Gasteiger partial charge on any atom is 0.256 e. The normalized spacial score (nSPS) is 11.2. The number of carbonyl (C=O) groups is 1. The van der Waals surface area contributed by atoms with E-state index in [-0.39, 0.29) is 11.7 Å². The highest BCUT2D eigenvalue weighted by Gasteiger charge is 2.17. The lowest BCUT2D eigenvalue weighted by molar-refractivity contribution is 0.0950. The summed E-state index contributed by atoms with van der Waals surface area (Å²) in [5.74, 6) is 0.895. The first-order chi connectivity index (χ1) is 10.6. The first-order valence-electron chi connectivity index (χ1n) is 7.13. The second kappa shape index (κ2) is 5.51. The number of nitrogens with two attached hydrogens (primary N) is 1. The van der Waals surface area contributed by atoms with Gasteiger partial charge in [0.1, 0.15) is 11.4 Å². The van der Waals surface area contributed by atoms with Crippen LogP contribution in [0.25, 0.3) is 17.0 Å². The van der Waals surface area contributed by atoms with Gasteiger partial charge in [-0.2, -0.15) is 9.78 Å². The van der Waals surface area contributed by atoms with Crippen LogP contribution in [0.5, 0.6) is 0 Å². The molecule has 0 saturated heterocycles. The van der Waals surface area contributed by atoms with E-state index in [9.17, 15) is 4.79 Å². The molecule has 0 unspecified atom stereocenters. The predicted octanol–water partition coefficient (Wildman–Crippen LogP) is 1.72. The van der Waals surface area contributed by atoms with Gasteiger partial charge in [0.2, 0.25) is 5.95 Å². The van der Waals surface area contributed by atoms with Crippen LogP contribution in [0.2, 0.25) is 0 Å². The average molecular weight is 298 g/mol. The van der Waals surface area contributed by atoms with E-state index in [0.29, 0.717) is 24.0 Å². The van der Waals surface area contributed by atoms with Crippen molar-refractivity contribution >= 4 is 22.8 Å². The quantitative estimate of drug-likeness (QED) is 0.682. The molecule has 0 bridgehead atoms. The van der Waals surface area contributed by atoms with Crippen LogP contribution >= 0.6 is 0 Å². The van der Waals surface area contributed by atoms with Crippen LogP contribution in [0.3, 0.4) is 0 Å². The number of hydrogen-bond donors (Lipinski definition) is 3. The Morgan fingerprint density at radius 1 is 1.41 bits per heavy atom. The highest BCUT2D eigenvalue weighted by atomic mass is 16.1. The molecule has 114 valence electrons. The number of carbonyl (C=O) groups excluding carboxylic acids is 1. The summed E-state index contributed by atoms with van der Waals surface area (Å²) in [5.41, 5.74) is 8.10. The zero-order chi connectivity index (χ0) is 15.7. The molecule has 3 rings (SSSR count). The molecule has 22 heavy (non-hydrogen) atoms. The molecule has 1 amide bonds. The lowest BCUT2D eigenvalue weighted by Gasteiger charge is -2.07. The van der Waals surface area contributed by atoms with Crippen molar-refractivity contribution in [1.29, 1.82) is 0 Å². The van der Waals surface area contributed by atoms with Gasteiger partial charge in [0.15, 0.2) is 0 Å². The van der Waals surface area contributed by atoms with Gasteiger partial charge in [0.25, 0.3) is 5.91 Å². The maximum atomic E-state index is 12.1. The number of nitrogens with zero attached hydrogens (tertiary/aromatic N) is 3. The van der Waals surface area contributed by atoms with E-state index >= 15 is 0 Å². The molecular weight excluding hydrogens is 280 g/mol. The summed E-state index contributed by atoms with van der Waals surface area (Å²) in [5, 5.41) is 6.99. The van der Waals surface area contributed by atoms with Crippen molar-refractivity contribution in [3.8, 4) is 5.95 Å². The number of aromatic nitrogens is 4. The van der Waals surface area contributed by atoms with Crippen LogP contribution in [0.4, 0.5) is 5.82 Å². The number of hydrogen-bond acceptors (Lipinski definition) is 4. The Bertz CT molecular complexity index is 783. The summed E-state index contributed by atoms with van der Waals surface area (Å²) in [7, 11) is 0. The van der Waals surface area contributed by atoms with Crippen molar-refractivity contribution in [3.63, 3.8) is 0 Å². The average Bonchev–Trinajstić information content (AvgIpc) is 3.07. The highest BCUT2D eigenvalue weighted by molar-refractivity contribution is 5.98. The number of aromatic amines is 1. The van der Waals surface area contributed by atoms with E-state index in [2.05, 4.69) is 20.4 Å². The monoisotopic (exact) mass is 298 g/mol. The number of nitrogens with one attached hydrogen (secondary N) is 2. The molecule has 1 aromatic carbocycles. The zero-order valence-corrected chi connectivity index (χ0v) is 12.5. The number of fused-ring (bicyclic) bond motifs is 1. The molecule has 0 aliphatic heterocycles. The van der Waals surface area contributed by atoms with Crippen molar-refractivity contribution in [2.75, 3.05) is 12.3 Å². The molecule has 0 fully saturated rings. The summed E-state index contributed by atoms with van der Waals surface area (Å²) >= 11 is 0. The SMILES string of the molecule is CC(C)CNC(=O)c1cnn(-c2nc3ccccc3[nH]2)c1N. The molecular formula is C15H18N6O. The lowest BCUT2D eigenvalue weighted by Crippen LogP contribution is -2.27. The fourth-order valence-electron chi connectivity index (χ4n) is 2.13. The smallest absolute Gasteiger partial charge is 0.256 e. The van der Waals surface area contributed by atoms with Crippen LogP contribution in [-0.4, -0.2) is 32.2 Å². The van der Waals surface area contributed by atoms with Gasteiger partial charge in [0, 0.05) is 6.54 Å². The minimum absolute atomic E-state index is 0.228. The number of H-pyrrole nitrogens is 1. The van der Waals surface area contributed by atoms with Crippen LogP contribution in [0.15, 0.2) is 30.5 Å². The molecule has 0 radical (unpaired) electrons. The van der Waals surface area contributed by atoms with Crippen molar-refractivity contribution in [1.82, 2.24) is 25.1 Å². The first kappa shape index (κ1) is 14.1. The van der Waals surface area contributed by atoms with Crippen LogP contribution in [0, 0.1) is 5.92 Å². The van der Waals surface area contributed by atoms with Crippen LogP contribution in [-0.2, 0) is 0 Å². The number of anilines is 1. The van der Waals surface area contributed by atoms with Gasteiger partial charge in [-0.05, 0) is 18.1 Å². The molecule has 0 aliphatic rings. The van der Waals surface area contributed by atoms with Crippen molar-refractivity contribution in [2.45, 2.75) is 13.8 Å². The standard InChI is InChI=1S/C15H18N6O/c1-9(2)7-17-14(22)10-8-18-21(13(10)16)15-19-11-5-3-4-6-12(11)20-15/h3-6,8-9H,7,16H2,1-2H3,(H,17,22)(H,19,20). The third kappa shape index (κ3) is 2.52. The Kier molecular flexibility index (Phi) is 3.54. The first-order valence-corrected chi connectivity index (χ1v) is 7.13. The summed E-state index contributed by atoms with van der Waals surface area (Å²) in [4.78, 5) is 19.7.